The largest absolute Gasteiger partial charge is 0.508 e. The van der Waals surface area contributed by atoms with Crippen molar-refractivity contribution in [3.8, 4) is 17.2 Å². The molecule has 7 nitrogen and oxygen atoms in total. The maximum Gasteiger partial charge on any atom is 0.339 e. The predicted molar refractivity (Wildman–Crippen MR) is 108 cm³/mol. The highest BCUT2D eigenvalue weighted by atomic mass is 16.6. The average molecular weight is 395 g/mol. The molecule has 0 unspecified atom stereocenters. The van der Waals surface area contributed by atoms with Gasteiger partial charge >= 0.3 is 5.63 Å². The van der Waals surface area contributed by atoms with Crippen LogP contribution in [0.15, 0.2) is 39.5 Å². The van der Waals surface area contributed by atoms with E-state index in [0.717, 1.165) is 10.9 Å². The van der Waals surface area contributed by atoms with E-state index in [9.17, 15) is 14.7 Å². The van der Waals surface area contributed by atoms with Crippen LogP contribution in [-0.2, 0) is 11.2 Å². The van der Waals surface area contributed by atoms with E-state index in [4.69, 9.17) is 13.9 Å². The predicted octanol–water partition coefficient (Wildman–Crippen LogP) is 3.46. The number of carbonyl (C=O) groups excluding carboxylic acids is 1. The Morgan fingerprint density at radius 1 is 1.07 bits per heavy atom. The van der Waals surface area contributed by atoms with Gasteiger partial charge in [0.15, 0.2) is 11.5 Å². The van der Waals surface area contributed by atoms with Crippen LogP contribution in [0.25, 0.3) is 11.0 Å². The second kappa shape index (κ2) is 7.50. The lowest BCUT2D eigenvalue weighted by atomic mass is 10.0. The Bertz CT molecular complexity index is 1160. The van der Waals surface area contributed by atoms with Crippen molar-refractivity contribution in [1.82, 2.24) is 0 Å². The first-order valence-corrected chi connectivity index (χ1v) is 9.38. The molecule has 0 spiro atoms. The van der Waals surface area contributed by atoms with Gasteiger partial charge in [0.05, 0.1) is 0 Å². The molecule has 150 valence electrons. The Morgan fingerprint density at radius 3 is 2.62 bits per heavy atom. The van der Waals surface area contributed by atoms with Crippen molar-refractivity contribution in [2.75, 3.05) is 18.5 Å². The Balaban J connectivity index is 1.50. The molecule has 7 heteroatoms. The summed E-state index contributed by atoms with van der Waals surface area (Å²) >= 11 is 0. The average Bonchev–Trinajstić information content (AvgIpc) is 2.71. The van der Waals surface area contributed by atoms with Gasteiger partial charge in [0, 0.05) is 34.7 Å². The molecular weight excluding hydrogens is 374 g/mol. The first kappa shape index (κ1) is 18.9. The Morgan fingerprint density at radius 2 is 1.83 bits per heavy atom. The normalized spacial score (nSPS) is 12.8. The van der Waals surface area contributed by atoms with E-state index in [1.165, 1.54) is 0 Å². The summed E-state index contributed by atoms with van der Waals surface area (Å²) in [5.41, 5.74) is 2.22. The summed E-state index contributed by atoms with van der Waals surface area (Å²) in [6, 6.07) is 8.51. The molecule has 2 heterocycles. The van der Waals surface area contributed by atoms with Crippen molar-refractivity contribution in [1.29, 1.82) is 0 Å². The molecule has 1 aliphatic heterocycles. The SMILES string of the molecule is Cc1c(CCC(=O)Nc2ccc3c(c2)OCCO3)c(=O)oc2c(C)c(O)ccc12. The molecule has 2 aromatic carbocycles. The van der Waals surface area contributed by atoms with Gasteiger partial charge < -0.3 is 24.3 Å². The van der Waals surface area contributed by atoms with Crippen molar-refractivity contribution in [3.63, 3.8) is 0 Å². The molecular formula is C22H21NO6. The van der Waals surface area contributed by atoms with Crippen molar-refractivity contribution in [2.24, 2.45) is 0 Å². The molecule has 0 fully saturated rings. The monoisotopic (exact) mass is 395 g/mol. The second-order valence-electron chi connectivity index (χ2n) is 6.99. The van der Waals surface area contributed by atoms with E-state index >= 15 is 0 Å². The van der Waals surface area contributed by atoms with Crippen LogP contribution in [-0.4, -0.2) is 24.2 Å². The Hall–Kier alpha value is -3.48. The van der Waals surface area contributed by atoms with Crippen molar-refractivity contribution < 1.29 is 23.8 Å². The van der Waals surface area contributed by atoms with Crippen molar-refractivity contribution in [2.45, 2.75) is 26.7 Å². The van der Waals surface area contributed by atoms with E-state index in [1.54, 1.807) is 37.3 Å². The van der Waals surface area contributed by atoms with Gasteiger partial charge in [0.1, 0.15) is 24.5 Å². The molecule has 0 atom stereocenters. The van der Waals surface area contributed by atoms with E-state index in [0.29, 0.717) is 47.1 Å². The molecule has 0 saturated heterocycles. The highest BCUT2D eigenvalue weighted by Gasteiger charge is 2.16. The van der Waals surface area contributed by atoms with E-state index in [-0.39, 0.29) is 24.5 Å². The lowest BCUT2D eigenvalue weighted by molar-refractivity contribution is -0.116. The number of aryl methyl sites for hydroxylation is 2. The van der Waals surface area contributed by atoms with Crippen LogP contribution in [0.3, 0.4) is 0 Å². The zero-order valence-electron chi connectivity index (χ0n) is 16.2. The summed E-state index contributed by atoms with van der Waals surface area (Å²) in [5.74, 6) is 1.10. The minimum atomic E-state index is -0.490. The van der Waals surface area contributed by atoms with Gasteiger partial charge in [0.2, 0.25) is 5.91 Å². The number of ether oxygens (including phenoxy) is 2. The van der Waals surface area contributed by atoms with Gasteiger partial charge in [-0.25, -0.2) is 4.79 Å². The number of aromatic hydroxyl groups is 1. The third-order valence-corrected chi connectivity index (χ3v) is 5.10. The van der Waals surface area contributed by atoms with Gasteiger partial charge in [-0.2, -0.15) is 0 Å². The first-order chi connectivity index (χ1) is 13.9. The number of amides is 1. The molecule has 0 radical (unpaired) electrons. The number of phenolic OH excluding ortho intramolecular Hbond substituents is 1. The van der Waals surface area contributed by atoms with Crippen LogP contribution < -0.4 is 20.4 Å². The van der Waals surface area contributed by atoms with Crippen LogP contribution in [0.4, 0.5) is 5.69 Å². The fraction of sp³-hybridized carbons (Fsp3) is 0.273. The number of carbonyl (C=O) groups is 1. The molecule has 2 N–H and O–H groups in total. The molecule has 3 aromatic rings. The topological polar surface area (TPSA) is 98.0 Å². The molecule has 4 rings (SSSR count). The van der Waals surface area contributed by atoms with Gasteiger partial charge in [0.25, 0.3) is 0 Å². The maximum absolute atomic E-state index is 12.4. The lowest BCUT2D eigenvalue weighted by Gasteiger charge is -2.19. The number of phenols is 1. The number of benzene rings is 2. The Labute approximate surface area is 166 Å². The van der Waals surface area contributed by atoms with Crippen LogP contribution >= 0.6 is 0 Å². The van der Waals surface area contributed by atoms with E-state index in [2.05, 4.69) is 5.32 Å². The van der Waals surface area contributed by atoms with E-state index in [1.807, 2.05) is 6.92 Å². The quantitative estimate of drug-likeness (QED) is 0.657. The second-order valence-corrected chi connectivity index (χ2v) is 6.99. The first-order valence-electron chi connectivity index (χ1n) is 9.38. The van der Waals surface area contributed by atoms with Crippen molar-refractivity contribution in [3.05, 3.63) is 57.4 Å². The zero-order valence-corrected chi connectivity index (χ0v) is 16.2. The van der Waals surface area contributed by atoms with Gasteiger partial charge in [-0.3, -0.25) is 4.79 Å². The number of anilines is 1. The zero-order chi connectivity index (χ0) is 20.5. The lowest BCUT2D eigenvalue weighted by Crippen LogP contribution is -2.18. The highest BCUT2D eigenvalue weighted by Crippen LogP contribution is 2.33. The number of rotatable bonds is 4. The molecule has 1 aromatic heterocycles. The summed E-state index contributed by atoms with van der Waals surface area (Å²) in [6.45, 7) is 4.49. The van der Waals surface area contributed by atoms with Crippen LogP contribution in [0.5, 0.6) is 17.2 Å². The summed E-state index contributed by atoms with van der Waals surface area (Å²) in [4.78, 5) is 24.8. The Kier molecular flexibility index (Phi) is 4.88. The fourth-order valence-corrected chi connectivity index (χ4v) is 3.45. The number of hydrogen-bond donors (Lipinski definition) is 2. The number of nitrogens with one attached hydrogen (secondary N) is 1. The number of fused-ring (bicyclic) bond motifs is 2. The fourth-order valence-electron chi connectivity index (χ4n) is 3.45. The minimum absolute atomic E-state index is 0.0756. The summed E-state index contributed by atoms with van der Waals surface area (Å²) in [6.07, 6.45) is 0.378. The maximum atomic E-state index is 12.4. The van der Waals surface area contributed by atoms with Crippen LogP contribution in [0, 0.1) is 13.8 Å². The van der Waals surface area contributed by atoms with Gasteiger partial charge in [-0.15, -0.1) is 0 Å². The van der Waals surface area contributed by atoms with Gasteiger partial charge in [-0.1, -0.05) is 0 Å². The van der Waals surface area contributed by atoms with Crippen LogP contribution in [0.1, 0.15) is 23.1 Å². The van der Waals surface area contributed by atoms with Crippen molar-refractivity contribution >= 4 is 22.6 Å². The molecule has 29 heavy (non-hydrogen) atoms. The smallest absolute Gasteiger partial charge is 0.339 e. The highest BCUT2D eigenvalue weighted by molar-refractivity contribution is 5.91. The minimum Gasteiger partial charge on any atom is -0.508 e. The summed E-state index contributed by atoms with van der Waals surface area (Å²) < 4.78 is 16.4. The molecule has 0 aliphatic carbocycles. The van der Waals surface area contributed by atoms with E-state index < -0.39 is 5.63 Å². The molecule has 0 saturated carbocycles. The summed E-state index contributed by atoms with van der Waals surface area (Å²) in [7, 11) is 0. The van der Waals surface area contributed by atoms with Gasteiger partial charge in [-0.05, 0) is 50.1 Å². The summed E-state index contributed by atoms with van der Waals surface area (Å²) in [5, 5.41) is 13.4. The number of hydrogen-bond acceptors (Lipinski definition) is 6. The van der Waals surface area contributed by atoms with Crippen LogP contribution in [0.2, 0.25) is 0 Å². The molecule has 1 amide bonds. The third kappa shape index (κ3) is 3.63. The molecule has 0 bridgehead atoms. The standard InChI is InChI=1S/C22H21NO6/c1-12-15-4-6-17(24)13(2)21(15)29-22(26)16(12)5-8-20(25)23-14-3-7-18-19(11-14)28-10-9-27-18/h3-4,6-7,11,24H,5,8-10H2,1-2H3,(H,23,25). The third-order valence-electron chi connectivity index (χ3n) is 5.10. The molecule has 1 aliphatic rings.